The first-order chi connectivity index (χ1) is 15.0. The van der Waals surface area contributed by atoms with E-state index in [-0.39, 0.29) is 5.56 Å². The fraction of sp³-hybridized carbons (Fsp3) is 0.154. The number of fused-ring (bicyclic) bond motifs is 2. The zero-order valence-corrected chi connectivity index (χ0v) is 18.5. The van der Waals surface area contributed by atoms with Crippen molar-refractivity contribution in [3.05, 3.63) is 92.8 Å². The number of nitrogens with one attached hydrogen (secondary N) is 1. The van der Waals surface area contributed by atoms with Gasteiger partial charge in [0, 0.05) is 22.4 Å². The van der Waals surface area contributed by atoms with Crippen molar-refractivity contribution in [2.75, 3.05) is 7.11 Å². The summed E-state index contributed by atoms with van der Waals surface area (Å²) in [5.41, 5.74) is 4.00. The molecule has 0 aliphatic heterocycles. The number of H-pyrrole nitrogens is 1. The Morgan fingerprint density at radius 3 is 2.68 bits per heavy atom. The van der Waals surface area contributed by atoms with Gasteiger partial charge >= 0.3 is 0 Å². The molecule has 0 unspecified atom stereocenters. The molecule has 0 fully saturated rings. The van der Waals surface area contributed by atoms with E-state index in [2.05, 4.69) is 35.3 Å². The summed E-state index contributed by atoms with van der Waals surface area (Å²) in [6.45, 7) is 4.07. The number of methoxy groups -OCH3 is 1. The molecule has 4 nitrogen and oxygen atoms in total. The third kappa shape index (κ3) is 3.41. The lowest BCUT2D eigenvalue weighted by atomic mass is 10.0. The Labute approximate surface area is 184 Å². The van der Waals surface area contributed by atoms with Gasteiger partial charge in [-0.25, -0.2) is 4.98 Å². The summed E-state index contributed by atoms with van der Waals surface area (Å²) < 4.78 is 5.58. The smallest absolute Gasteiger partial charge is 0.260 e. The number of nitrogens with zero attached hydrogens (tertiary/aromatic N) is 1. The minimum absolute atomic E-state index is 0.108. The molecule has 2 heterocycles. The summed E-state index contributed by atoms with van der Waals surface area (Å²) in [5, 5.41) is 3.00. The molecule has 0 atom stereocenters. The van der Waals surface area contributed by atoms with Gasteiger partial charge in [0.15, 0.2) is 0 Å². The quantitative estimate of drug-likeness (QED) is 0.382. The van der Waals surface area contributed by atoms with E-state index >= 15 is 0 Å². The van der Waals surface area contributed by atoms with Crippen molar-refractivity contribution in [1.82, 2.24) is 9.97 Å². The lowest BCUT2D eigenvalue weighted by Gasteiger charge is -2.10. The van der Waals surface area contributed by atoms with Crippen LogP contribution in [0.2, 0.25) is 0 Å². The maximum absolute atomic E-state index is 13.2. The van der Waals surface area contributed by atoms with Crippen molar-refractivity contribution < 1.29 is 4.74 Å². The van der Waals surface area contributed by atoms with Crippen molar-refractivity contribution in [3.8, 4) is 16.9 Å². The molecular formula is C26H22N2O2S. The van der Waals surface area contributed by atoms with E-state index in [1.165, 1.54) is 10.8 Å². The second kappa shape index (κ2) is 7.67. The van der Waals surface area contributed by atoms with Gasteiger partial charge in [-0.2, -0.15) is 0 Å². The third-order valence-electron chi connectivity index (χ3n) is 5.65. The van der Waals surface area contributed by atoms with E-state index in [0.29, 0.717) is 17.6 Å². The van der Waals surface area contributed by atoms with E-state index in [1.54, 1.807) is 18.4 Å². The Bertz CT molecular complexity index is 1490. The van der Waals surface area contributed by atoms with Gasteiger partial charge in [-0.3, -0.25) is 4.79 Å². The highest BCUT2D eigenvalue weighted by molar-refractivity contribution is 7.19. The predicted octanol–water partition coefficient (Wildman–Crippen LogP) is 6.02. The Morgan fingerprint density at radius 2 is 1.84 bits per heavy atom. The number of hydrogen-bond donors (Lipinski definition) is 1. The van der Waals surface area contributed by atoms with Gasteiger partial charge in [0.1, 0.15) is 16.4 Å². The van der Waals surface area contributed by atoms with E-state index in [4.69, 9.17) is 9.72 Å². The van der Waals surface area contributed by atoms with Crippen LogP contribution >= 0.6 is 11.3 Å². The Balaban J connectivity index is 1.65. The van der Waals surface area contributed by atoms with Crippen LogP contribution in [0.15, 0.2) is 65.5 Å². The van der Waals surface area contributed by atoms with Crippen molar-refractivity contribution in [2.45, 2.75) is 20.3 Å². The lowest BCUT2D eigenvalue weighted by Crippen LogP contribution is -2.12. The fourth-order valence-electron chi connectivity index (χ4n) is 4.22. The van der Waals surface area contributed by atoms with E-state index in [1.807, 2.05) is 44.2 Å². The highest BCUT2D eigenvalue weighted by Gasteiger charge is 2.20. The largest absolute Gasteiger partial charge is 0.496 e. The number of benzene rings is 3. The normalized spacial score (nSPS) is 11.3. The van der Waals surface area contributed by atoms with Gasteiger partial charge in [0.05, 0.1) is 12.5 Å². The minimum atomic E-state index is -0.108. The van der Waals surface area contributed by atoms with Gasteiger partial charge in [-0.1, -0.05) is 54.1 Å². The van der Waals surface area contributed by atoms with Crippen LogP contribution in [-0.4, -0.2) is 17.1 Å². The number of aromatic amines is 1. The molecule has 0 bridgehead atoms. The van der Waals surface area contributed by atoms with Gasteiger partial charge in [-0.15, -0.1) is 11.3 Å². The standard InChI is InChI=1S/C26H22N2O2S/c1-15-11-12-21(30-3)20(13-15)23-16(2)31-26-24(23)25(29)27-22(28-26)14-18-9-6-8-17-7-4-5-10-19(17)18/h4-13H,14H2,1-3H3,(H,27,28,29). The topological polar surface area (TPSA) is 55.0 Å². The number of aromatic nitrogens is 2. The zero-order chi connectivity index (χ0) is 21.5. The molecule has 0 saturated carbocycles. The molecule has 0 amide bonds. The van der Waals surface area contributed by atoms with Crippen LogP contribution < -0.4 is 10.3 Å². The lowest BCUT2D eigenvalue weighted by molar-refractivity contribution is 0.416. The van der Waals surface area contributed by atoms with E-state index in [9.17, 15) is 4.79 Å². The van der Waals surface area contributed by atoms with Gasteiger partial charge in [0.25, 0.3) is 5.56 Å². The zero-order valence-electron chi connectivity index (χ0n) is 17.7. The SMILES string of the molecule is COc1ccc(C)cc1-c1c(C)sc2nc(Cc3cccc4ccccc34)[nH]c(=O)c12. The molecule has 0 aliphatic carbocycles. The molecule has 0 aliphatic rings. The van der Waals surface area contributed by atoms with Crippen molar-refractivity contribution in [2.24, 2.45) is 0 Å². The van der Waals surface area contributed by atoms with Crippen molar-refractivity contribution in [3.63, 3.8) is 0 Å². The average molecular weight is 427 g/mol. The number of hydrogen-bond acceptors (Lipinski definition) is 4. The van der Waals surface area contributed by atoms with Crippen molar-refractivity contribution in [1.29, 1.82) is 0 Å². The molecule has 5 aromatic rings. The summed E-state index contributed by atoms with van der Waals surface area (Å²) in [6.07, 6.45) is 0.576. The van der Waals surface area contributed by atoms with Crippen LogP contribution in [0.1, 0.15) is 21.8 Å². The van der Waals surface area contributed by atoms with Crippen LogP contribution in [0.3, 0.4) is 0 Å². The van der Waals surface area contributed by atoms with Crippen LogP contribution in [0.25, 0.3) is 32.1 Å². The molecule has 154 valence electrons. The molecule has 2 aromatic heterocycles. The van der Waals surface area contributed by atoms with E-state index in [0.717, 1.165) is 37.7 Å². The molecule has 0 saturated heterocycles. The maximum atomic E-state index is 13.2. The minimum Gasteiger partial charge on any atom is -0.496 e. The Hall–Kier alpha value is -3.44. The molecule has 0 spiro atoms. The van der Waals surface area contributed by atoms with Crippen LogP contribution in [-0.2, 0) is 6.42 Å². The van der Waals surface area contributed by atoms with Crippen LogP contribution in [0.5, 0.6) is 5.75 Å². The summed E-state index contributed by atoms with van der Waals surface area (Å²) >= 11 is 1.55. The molecule has 1 N–H and O–H groups in total. The predicted molar refractivity (Wildman–Crippen MR) is 128 cm³/mol. The monoisotopic (exact) mass is 426 g/mol. The summed E-state index contributed by atoms with van der Waals surface area (Å²) in [5.74, 6) is 1.44. The molecule has 31 heavy (non-hydrogen) atoms. The first kappa shape index (κ1) is 19.5. The van der Waals surface area contributed by atoms with Crippen molar-refractivity contribution >= 4 is 32.3 Å². The number of aryl methyl sites for hydroxylation is 2. The molecule has 0 radical (unpaired) electrons. The highest BCUT2D eigenvalue weighted by Crippen LogP contribution is 2.40. The first-order valence-electron chi connectivity index (χ1n) is 10.2. The Morgan fingerprint density at radius 1 is 1.03 bits per heavy atom. The number of rotatable bonds is 4. The molecule has 3 aromatic carbocycles. The molecular weight excluding hydrogens is 404 g/mol. The second-order valence-corrected chi connectivity index (χ2v) is 8.95. The molecule has 5 rings (SSSR count). The third-order valence-corrected chi connectivity index (χ3v) is 6.65. The second-order valence-electron chi connectivity index (χ2n) is 7.74. The maximum Gasteiger partial charge on any atom is 0.260 e. The summed E-state index contributed by atoms with van der Waals surface area (Å²) in [7, 11) is 1.66. The van der Waals surface area contributed by atoms with Gasteiger partial charge in [0.2, 0.25) is 0 Å². The van der Waals surface area contributed by atoms with Crippen LogP contribution in [0, 0.1) is 13.8 Å². The van der Waals surface area contributed by atoms with Gasteiger partial charge in [-0.05, 0) is 42.3 Å². The summed E-state index contributed by atoms with van der Waals surface area (Å²) in [6, 6.07) is 20.5. The number of thiophene rings is 1. The first-order valence-corrected chi connectivity index (χ1v) is 11.0. The van der Waals surface area contributed by atoms with Crippen LogP contribution in [0.4, 0.5) is 0 Å². The van der Waals surface area contributed by atoms with E-state index < -0.39 is 0 Å². The highest BCUT2D eigenvalue weighted by atomic mass is 32.1. The summed E-state index contributed by atoms with van der Waals surface area (Å²) in [4.78, 5) is 22.9. The fourth-order valence-corrected chi connectivity index (χ4v) is 5.27. The average Bonchev–Trinajstić information content (AvgIpc) is 3.10. The Kier molecular flexibility index (Phi) is 4.83. The number of ether oxygens (including phenoxy) is 1. The molecule has 5 heteroatoms. The van der Waals surface area contributed by atoms with Gasteiger partial charge < -0.3 is 9.72 Å².